The van der Waals surface area contributed by atoms with E-state index in [1.165, 1.54) is 16.9 Å². The third kappa shape index (κ3) is 3.64. The number of nitrogens with zero attached hydrogens (tertiary/aromatic N) is 6. The predicted octanol–water partition coefficient (Wildman–Crippen LogP) is 3.74. The molecule has 4 heterocycles. The van der Waals surface area contributed by atoms with E-state index in [1.807, 2.05) is 6.92 Å². The number of likely N-dealkylation sites (tertiary alicyclic amines) is 1. The highest BCUT2D eigenvalue weighted by atomic mass is 19.3. The van der Waals surface area contributed by atoms with Crippen molar-refractivity contribution in [2.75, 3.05) is 13.1 Å². The number of hydrogen-bond donors (Lipinski definition) is 0. The Morgan fingerprint density at radius 3 is 2.74 bits per heavy atom. The minimum Gasteiger partial charge on any atom is -0.338 e. The molecule has 0 bridgehead atoms. The molecule has 2 aliphatic rings. The first kappa shape index (κ1) is 19.9. The zero-order chi connectivity index (χ0) is 21.7. The van der Waals surface area contributed by atoms with E-state index in [1.54, 1.807) is 11.0 Å². The first-order valence-electron chi connectivity index (χ1n) is 10.4. The molecule has 1 saturated heterocycles. The van der Waals surface area contributed by atoms with Crippen LogP contribution < -0.4 is 0 Å². The lowest BCUT2D eigenvalue weighted by Gasteiger charge is -2.37. The highest BCUT2D eigenvalue weighted by molar-refractivity contribution is 5.94. The molecule has 0 spiro atoms. The zero-order valence-electron chi connectivity index (χ0n) is 16.9. The van der Waals surface area contributed by atoms with Crippen LogP contribution in [-0.4, -0.2) is 48.5 Å². The third-order valence-electron chi connectivity index (χ3n) is 6.25. The molecule has 5 rings (SSSR count). The van der Waals surface area contributed by atoms with Gasteiger partial charge in [-0.05, 0) is 37.3 Å². The number of carbonyl (C=O) groups excluding carboxylic acids is 1. The number of alkyl halides is 2. The molecule has 31 heavy (non-hydrogen) atoms. The van der Waals surface area contributed by atoms with Gasteiger partial charge in [0.05, 0.1) is 17.5 Å². The quantitative estimate of drug-likeness (QED) is 0.630. The van der Waals surface area contributed by atoms with E-state index >= 15 is 0 Å². The molecule has 2 atom stereocenters. The van der Waals surface area contributed by atoms with Crippen molar-refractivity contribution >= 4 is 11.7 Å². The number of carbonyl (C=O) groups is 1. The molecule has 3 aromatic heterocycles. The third-order valence-corrected chi connectivity index (χ3v) is 6.25. The van der Waals surface area contributed by atoms with Gasteiger partial charge in [-0.1, -0.05) is 6.92 Å². The summed E-state index contributed by atoms with van der Waals surface area (Å²) in [6.07, 6.45) is 2.28. The van der Waals surface area contributed by atoms with Gasteiger partial charge in [0.15, 0.2) is 5.82 Å². The largest absolute Gasteiger partial charge is 0.338 e. The average molecular weight is 430 g/mol. The molecule has 1 aliphatic carbocycles. The Kier molecular flexibility index (Phi) is 4.86. The summed E-state index contributed by atoms with van der Waals surface area (Å²) in [6.45, 7) is 2.74. The minimum atomic E-state index is -2.75. The van der Waals surface area contributed by atoms with Crippen molar-refractivity contribution < 1.29 is 18.0 Å². The SMILES string of the molecule is C[C@@H]1CCN(C(=O)c2cc(C3CC3)ncc2F)C[C@H]1c1cc(C(F)F)nc2ncnn12. The molecule has 1 saturated carbocycles. The lowest BCUT2D eigenvalue weighted by atomic mass is 9.84. The van der Waals surface area contributed by atoms with Crippen molar-refractivity contribution in [3.8, 4) is 0 Å². The standard InChI is InChI=1S/C21H21F3N6O/c1-11-4-5-29(20(31)13-6-16(12-2-3-12)25-8-15(13)22)9-14(11)18-7-17(19(23)24)28-21-26-10-27-30(18)21/h6-8,10-12,14,19H,2-5,9H2,1H3/t11-,14-/m1/s1. The molecule has 1 amide bonds. The van der Waals surface area contributed by atoms with Crippen LogP contribution in [0.2, 0.25) is 0 Å². The molecule has 162 valence electrons. The van der Waals surface area contributed by atoms with E-state index in [9.17, 15) is 18.0 Å². The van der Waals surface area contributed by atoms with Crippen molar-refractivity contribution in [1.29, 1.82) is 0 Å². The van der Waals surface area contributed by atoms with Gasteiger partial charge >= 0.3 is 0 Å². The highest BCUT2D eigenvalue weighted by Crippen LogP contribution is 2.39. The van der Waals surface area contributed by atoms with E-state index < -0.39 is 18.1 Å². The maximum atomic E-state index is 14.4. The van der Waals surface area contributed by atoms with Gasteiger partial charge in [-0.3, -0.25) is 9.78 Å². The summed E-state index contributed by atoms with van der Waals surface area (Å²) in [5.41, 5.74) is 0.905. The number of aromatic nitrogens is 5. The van der Waals surface area contributed by atoms with Crippen molar-refractivity contribution in [2.45, 2.75) is 44.4 Å². The number of hydrogen-bond acceptors (Lipinski definition) is 5. The van der Waals surface area contributed by atoms with Crippen LogP contribution in [0.15, 0.2) is 24.7 Å². The Hall–Kier alpha value is -3.04. The maximum Gasteiger partial charge on any atom is 0.280 e. The lowest BCUT2D eigenvalue weighted by molar-refractivity contribution is 0.0660. The van der Waals surface area contributed by atoms with Crippen LogP contribution >= 0.6 is 0 Å². The van der Waals surface area contributed by atoms with E-state index in [0.717, 1.165) is 24.7 Å². The topological polar surface area (TPSA) is 76.3 Å². The number of rotatable bonds is 4. The van der Waals surface area contributed by atoms with Gasteiger partial charge in [0, 0.05) is 30.6 Å². The summed E-state index contributed by atoms with van der Waals surface area (Å²) in [5, 5.41) is 4.14. The molecule has 2 fully saturated rings. The second kappa shape index (κ2) is 7.58. The van der Waals surface area contributed by atoms with Crippen LogP contribution in [0.1, 0.15) is 71.9 Å². The summed E-state index contributed by atoms with van der Waals surface area (Å²) in [5.74, 6) is -0.822. The molecule has 10 heteroatoms. The predicted molar refractivity (Wildman–Crippen MR) is 104 cm³/mol. The second-order valence-electron chi connectivity index (χ2n) is 8.37. The molecular formula is C21H21F3N6O. The first-order chi connectivity index (χ1) is 14.9. The molecule has 0 unspecified atom stereocenters. The number of pyridine rings is 1. The monoisotopic (exact) mass is 430 g/mol. The van der Waals surface area contributed by atoms with Gasteiger partial charge in [0.1, 0.15) is 12.0 Å². The minimum absolute atomic E-state index is 0.0131. The second-order valence-corrected chi connectivity index (χ2v) is 8.37. The molecule has 0 aromatic carbocycles. The maximum absolute atomic E-state index is 14.4. The fourth-order valence-corrected chi connectivity index (χ4v) is 4.26. The van der Waals surface area contributed by atoms with Crippen LogP contribution in [0.4, 0.5) is 13.2 Å². The van der Waals surface area contributed by atoms with Gasteiger partial charge in [0.2, 0.25) is 0 Å². The van der Waals surface area contributed by atoms with E-state index in [-0.39, 0.29) is 35.4 Å². The average Bonchev–Trinajstić information content (AvgIpc) is 3.50. The Morgan fingerprint density at radius 1 is 1.19 bits per heavy atom. The van der Waals surface area contributed by atoms with Crippen molar-refractivity contribution in [3.63, 3.8) is 0 Å². The molecule has 7 nitrogen and oxygen atoms in total. The van der Waals surface area contributed by atoms with Crippen molar-refractivity contribution in [2.24, 2.45) is 5.92 Å². The van der Waals surface area contributed by atoms with Crippen LogP contribution in [0, 0.1) is 11.7 Å². The summed E-state index contributed by atoms with van der Waals surface area (Å²) in [7, 11) is 0. The van der Waals surface area contributed by atoms with E-state index in [2.05, 4.69) is 20.1 Å². The van der Waals surface area contributed by atoms with Crippen molar-refractivity contribution in [3.05, 3.63) is 53.1 Å². The van der Waals surface area contributed by atoms with E-state index in [0.29, 0.717) is 24.6 Å². The highest BCUT2D eigenvalue weighted by Gasteiger charge is 2.34. The molecule has 0 radical (unpaired) electrons. The lowest BCUT2D eigenvalue weighted by Crippen LogP contribution is -2.43. The molecular weight excluding hydrogens is 409 g/mol. The fraction of sp³-hybridized carbons (Fsp3) is 0.476. The Balaban J connectivity index is 1.47. The first-order valence-corrected chi connectivity index (χ1v) is 10.4. The number of amides is 1. The van der Waals surface area contributed by atoms with Crippen LogP contribution in [0.5, 0.6) is 0 Å². The van der Waals surface area contributed by atoms with Gasteiger partial charge < -0.3 is 4.90 Å². The van der Waals surface area contributed by atoms with Crippen LogP contribution in [0.25, 0.3) is 5.78 Å². The van der Waals surface area contributed by atoms with Gasteiger partial charge in [-0.2, -0.15) is 10.1 Å². The Labute approximate surface area is 176 Å². The fourth-order valence-electron chi connectivity index (χ4n) is 4.26. The normalized spacial score (nSPS) is 21.8. The molecule has 0 N–H and O–H groups in total. The summed E-state index contributed by atoms with van der Waals surface area (Å²) < 4.78 is 42.7. The zero-order valence-corrected chi connectivity index (χ0v) is 16.9. The molecule has 1 aliphatic heterocycles. The summed E-state index contributed by atoms with van der Waals surface area (Å²) in [6, 6.07) is 2.89. The van der Waals surface area contributed by atoms with Gasteiger partial charge in [-0.25, -0.2) is 22.7 Å². The Bertz CT molecular complexity index is 1150. The summed E-state index contributed by atoms with van der Waals surface area (Å²) >= 11 is 0. The van der Waals surface area contributed by atoms with Crippen LogP contribution in [0.3, 0.4) is 0 Å². The Morgan fingerprint density at radius 2 is 2.00 bits per heavy atom. The number of halogens is 3. The summed E-state index contributed by atoms with van der Waals surface area (Å²) in [4.78, 5) is 26.7. The number of fused-ring (bicyclic) bond motifs is 1. The van der Waals surface area contributed by atoms with E-state index in [4.69, 9.17) is 0 Å². The van der Waals surface area contributed by atoms with Crippen molar-refractivity contribution in [1.82, 2.24) is 29.5 Å². The van der Waals surface area contributed by atoms with Gasteiger partial charge in [-0.15, -0.1) is 0 Å². The number of piperidine rings is 1. The molecule has 3 aromatic rings. The van der Waals surface area contributed by atoms with Gasteiger partial charge in [0.25, 0.3) is 18.1 Å². The van der Waals surface area contributed by atoms with Crippen LogP contribution in [-0.2, 0) is 0 Å². The smallest absolute Gasteiger partial charge is 0.280 e.